The van der Waals surface area contributed by atoms with Crippen LogP contribution in [0.5, 0.6) is 0 Å². The number of aryl methyl sites for hydroxylation is 1. The molecule has 0 aliphatic rings. The van der Waals surface area contributed by atoms with Crippen LogP contribution in [0.1, 0.15) is 33.4 Å². The van der Waals surface area contributed by atoms with E-state index in [1.54, 1.807) is 0 Å². The monoisotopic (exact) mass is 222 g/mol. The molecule has 1 atom stereocenters. The summed E-state index contributed by atoms with van der Waals surface area (Å²) < 4.78 is 0. The first-order valence-electron chi connectivity index (χ1n) is 5.56. The molecule has 0 saturated carbocycles. The average molecular weight is 222 g/mol. The summed E-state index contributed by atoms with van der Waals surface area (Å²) in [6.07, 6.45) is 0. The number of nitrogens with zero attached hydrogens (tertiary/aromatic N) is 3. The quantitative estimate of drug-likeness (QED) is 0.833. The summed E-state index contributed by atoms with van der Waals surface area (Å²) in [5.74, 6) is 1.22. The van der Waals surface area contributed by atoms with Crippen molar-refractivity contribution in [3.63, 3.8) is 0 Å². The van der Waals surface area contributed by atoms with Crippen LogP contribution in [0.25, 0.3) is 0 Å². The predicted molar refractivity (Wildman–Crippen MR) is 68.5 cm³/mol. The van der Waals surface area contributed by atoms with E-state index in [1.165, 1.54) is 0 Å². The number of nitrogen functional groups attached to an aromatic ring is 1. The Morgan fingerprint density at radius 3 is 2.31 bits per heavy atom. The molecule has 0 amide bonds. The Hall–Kier alpha value is -1.32. The molecular weight excluding hydrogens is 200 g/mol. The summed E-state index contributed by atoms with van der Waals surface area (Å²) in [4.78, 5) is 10.5. The molecule has 90 valence electrons. The van der Waals surface area contributed by atoms with Crippen molar-refractivity contribution < 1.29 is 0 Å². The summed E-state index contributed by atoms with van der Waals surface area (Å²) in [6.45, 7) is 10.8. The Bertz CT molecular complexity index is 348. The first-order valence-corrected chi connectivity index (χ1v) is 5.56. The Morgan fingerprint density at radius 1 is 1.31 bits per heavy atom. The lowest BCUT2D eigenvalue weighted by molar-refractivity contribution is 0.328. The number of rotatable bonds is 2. The van der Waals surface area contributed by atoms with Gasteiger partial charge in [0, 0.05) is 24.8 Å². The third kappa shape index (κ3) is 2.84. The molecule has 0 saturated heterocycles. The fraction of sp³-hybridized carbons (Fsp3) is 0.667. The van der Waals surface area contributed by atoms with Gasteiger partial charge in [-0.15, -0.1) is 0 Å². The van der Waals surface area contributed by atoms with E-state index >= 15 is 0 Å². The summed E-state index contributed by atoms with van der Waals surface area (Å²) in [5.41, 5.74) is 6.75. The maximum absolute atomic E-state index is 5.66. The molecule has 0 radical (unpaired) electrons. The molecule has 1 heterocycles. The standard InChI is InChI=1S/C12H22N4/c1-8-7-10(15-11(13)14-8)16(6)9(2)12(3,4)5/h7,9H,1-6H3,(H2,13,14,15). The molecule has 4 heteroatoms. The van der Waals surface area contributed by atoms with E-state index in [0.29, 0.717) is 12.0 Å². The molecule has 0 aliphatic carbocycles. The van der Waals surface area contributed by atoms with Crippen molar-refractivity contribution >= 4 is 11.8 Å². The Kier molecular flexibility index (Phi) is 3.41. The lowest BCUT2D eigenvalue weighted by atomic mass is 9.87. The lowest BCUT2D eigenvalue weighted by Gasteiger charge is -2.36. The zero-order chi connectivity index (χ0) is 12.5. The lowest BCUT2D eigenvalue weighted by Crippen LogP contribution is -2.40. The van der Waals surface area contributed by atoms with Gasteiger partial charge in [0.2, 0.25) is 5.95 Å². The van der Waals surface area contributed by atoms with Gasteiger partial charge in [0.25, 0.3) is 0 Å². The third-order valence-electron chi connectivity index (χ3n) is 3.05. The van der Waals surface area contributed by atoms with Crippen molar-refractivity contribution in [1.29, 1.82) is 0 Å². The molecule has 0 fully saturated rings. The van der Waals surface area contributed by atoms with E-state index in [4.69, 9.17) is 5.73 Å². The maximum atomic E-state index is 5.66. The van der Waals surface area contributed by atoms with E-state index in [1.807, 2.05) is 20.0 Å². The number of nitrogens with two attached hydrogens (primary N) is 1. The van der Waals surface area contributed by atoms with Crippen molar-refractivity contribution in [2.75, 3.05) is 17.7 Å². The van der Waals surface area contributed by atoms with Crippen LogP contribution in [0.2, 0.25) is 0 Å². The van der Waals surface area contributed by atoms with Crippen LogP contribution in [0.15, 0.2) is 6.07 Å². The van der Waals surface area contributed by atoms with Crippen LogP contribution in [0.4, 0.5) is 11.8 Å². The molecular formula is C12H22N4. The number of hydrogen-bond donors (Lipinski definition) is 1. The van der Waals surface area contributed by atoms with Crippen LogP contribution in [-0.4, -0.2) is 23.1 Å². The fourth-order valence-corrected chi connectivity index (χ4v) is 1.53. The van der Waals surface area contributed by atoms with E-state index in [-0.39, 0.29) is 5.41 Å². The van der Waals surface area contributed by atoms with Crippen molar-refractivity contribution in [2.45, 2.75) is 40.7 Å². The van der Waals surface area contributed by atoms with Crippen LogP contribution < -0.4 is 10.6 Å². The van der Waals surface area contributed by atoms with Crippen molar-refractivity contribution in [3.8, 4) is 0 Å². The molecule has 1 unspecified atom stereocenters. The maximum Gasteiger partial charge on any atom is 0.222 e. The van der Waals surface area contributed by atoms with E-state index in [9.17, 15) is 0 Å². The highest BCUT2D eigenvalue weighted by atomic mass is 15.2. The molecule has 1 aromatic rings. The van der Waals surface area contributed by atoms with Gasteiger partial charge >= 0.3 is 0 Å². The van der Waals surface area contributed by atoms with Gasteiger partial charge in [0.15, 0.2) is 0 Å². The minimum absolute atomic E-state index is 0.197. The first kappa shape index (κ1) is 12.7. The van der Waals surface area contributed by atoms with Crippen molar-refractivity contribution in [1.82, 2.24) is 9.97 Å². The number of hydrogen-bond acceptors (Lipinski definition) is 4. The average Bonchev–Trinajstić information content (AvgIpc) is 2.12. The Morgan fingerprint density at radius 2 is 1.88 bits per heavy atom. The largest absolute Gasteiger partial charge is 0.368 e. The zero-order valence-corrected chi connectivity index (χ0v) is 11.1. The normalized spacial score (nSPS) is 13.6. The highest BCUT2D eigenvalue weighted by molar-refractivity contribution is 5.43. The third-order valence-corrected chi connectivity index (χ3v) is 3.05. The molecule has 0 aliphatic heterocycles. The van der Waals surface area contributed by atoms with Gasteiger partial charge in [-0.1, -0.05) is 20.8 Å². The molecule has 16 heavy (non-hydrogen) atoms. The van der Waals surface area contributed by atoms with Gasteiger partial charge in [-0.25, -0.2) is 4.98 Å². The number of aromatic nitrogens is 2. The van der Waals surface area contributed by atoms with Crippen LogP contribution in [0, 0.1) is 12.3 Å². The fourth-order valence-electron chi connectivity index (χ4n) is 1.53. The van der Waals surface area contributed by atoms with E-state index in [2.05, 4.69) is 42.6 Å². The van der Waals surface area contributed by atoms with Gasteiger partial charge in [-0.2, -0.15) is 4.98 Å². The van der Waals surface area contributed by atoms with Crippen LogP contribution in [0.3, 0.4) is 0 Å². The highest BCUT2D eigenvalue weighted by Gasteiger charge is 2.25. The van der Waals surface area contributed by atoms with Gasteiger partial charge in [-0.05, 0) is 19.3 Å². The van der Waals surface area contributed by atoms with Crippen LogP contribution >= 0.6 is 0 Å². The van der Waals surface area contributed by atoms with Gasteiger partial charge in [0.1, 0.15) is 5.82 Å². The molecule has 0 bridgehead atoms. The summed E-state index contributed by atoms with van der Waals surface area (Å²) in [7, 11) is 2.04. The summed E-state index contributed by atoms with van der Waals surface area (Å²) in [6, 6.07) is 2.33. The van der Waals surface area contributed by atoms with E-state index < -0.39 is 0 Å². The zero-order valence-electron chi connectivity index (χ0n) is 11.1. The van der Waals surface area contributed by atoms with Gasteiger partial charge in [0.05, 0.1) is 0 Å². The Balaban J connectivity index is 3.00. The first-order chi connectivity index (χ1) is 7.21. The second-order valence-corrected chi connectivity index (χ2v) is 5.38. The second kappa shape index (κ2) is 4.28. The number of anilines is 2. The SMILES string of the molecule is Cc1cc(N(C)C(C)C(C)(C)C)nc(N)n1. The molecule has 4 nitrogen and oxygen atoms in total. The Labute approximate surface area is 97.9 Å². The molecule has 1 rings (SSSR count). The summed E-state index contributed by atoms with van der Waals surface area (Å²) in [5, 5.41) is 0. The molecule has 2 N–H and O–H groups in total. The second-order valence-electron chi connectivity index (χ2n) is 5.38. The summed E-state index contributed by atoms with van der Waals surface area (Å²) >= 11 is 0. The smallest absolute Gasteiger partial charge is 0.222 e. The minimum Gasteiger partial charge on any atom is -0.368 e. The molecule has 0 aromatic carbocycles. The highest BCUT2D eigenvalue weighted by Crippen LogP contribution is 2.26. The van der Waals surface area contributed by atoms with E-state index in [0.717, 1.165) is 11.5 Å². The predicted octanol–water partition coefficient (Wildman–Crippen LogP) is 2.24. The van der Waals surface area contributed by atoms with Crippen LogP contribution in [-0.2, 0) is 0 Å². The topological polar surface area (TPSA) is 55.0 Å². The molecule has 1 aromatic heterocycles. The van der Waals surface area contributed by atoms with Crippen molar-refractivity contribution in [2.24, 2.45) is 5.41 Å². The van der Waals surface area contributed by atoms with Gasteiger partial charge in [-0.3, -0.25) is 0 Å². The van der Waals surface area contributed by atoms with Gasteiger partial charge < -0.3 is 10.6 Å². The van der Waals surface area contributed by atoms with Crippen molar-refractivity contribution in [3.05, 3.63) is 11.8 Å². The molecule has 0 spiro atoms. The minimum atomic E-state index is 0.197.